The maximum absolute atomic E-state index is 12.2. The summed E-state index contributed by atoms with van der Waals surface area (Å²) in [5.74, 6) is -0.526. The Morgan fingerprint density at radius 1 is 1.19 bits per heavy atom. The van der Waals surface area contributed by atoms with Crippen LogP contribution >= 0.6 is 0 Å². The summed E-state index contributed by atoms with van der Waals surface area (Å²) in [4.78, 5) is 23.8. The summed E-state index contributed by atoms with van der Waals surface area (Å²) in [6.07, 6.45) is 0.671. The number of benzene rings is 1. The molecule has 0 saturated heterocycles. The number of rotatable bonds is 5. The van der Waals surface area contributed by atoms with Gasteiger partial charge in [0.05, 0.1) is 12.6 Å². The number of carbonyl (C=O) groups is 2. The minimum absolute atomic E-state index is 0.00458. The van der Waals surface area contributed by atoms with Gasteiger partial charge in [-0.25, -0.2) is 0 Å². The van der Waals surface area contributed by atoms with E-state index in [1.54, 1.807) is 31.3 Å². The van der Waals surface area contributed by atoms with E-state index in [0.29, 0.717) is 17.5 Å². The molecule has 0 saturated carbocycles. The van der Waals surface area contributed by atoms with Gasteiger partial charge < -0.3 is 15.7 Å². The van der Waals surface area contributed by atoms with E-state index in [1.807, 2.05) is 20.8 Å². The lowest BCUT2D eigenvalue weighted by atomic mass is 9.88. The molecule has 0 aliphatic carbocycles. The van der Waals surface area contributed by atoms with Gasteiger partial charge in [-0.2, -0.15) is 0 Å². The molecule has 21 heavy (non-hydrogen) atoms. The van der Waals surface area contributed by atoms with Crippen LogP contribution in [0.3, 0.4) is 0 Å². The molecule has 0 aliphatic heterocycles. The van der Waals surface area contributed by atoms with E-state index in [2.05, 4.69) is 10.6 Å². The largest absolute Gasteiger partial charge is 0.394 e. The summed E-state index contributed by atoms with van der Waals surface area (Å²) >= 11 is 0. The van der Waals surface area contributed by atoms with Crippen LogP contribution in [0.4, 0.5) is 0 Å². The molecule has 2 amide bonds. The number of amides is 2. The van der Waals surface area contributed by atoms with Crippen molar-refractivity contribution in [1.82, 2.24) is 10.6 Å². The molecule has 0 aliphatic rings. The molecule has 0 heterocycles. The van der Waals surface area contributed by atoms with Crippen LogP contribution in [0.1, 0.15) is 47.9 Å². The molecular formula is C16H24N2O3. The maximum Gasteiger partial charge on any atom is 0.251 e. The summed E-state index contributed by atoms with van der Waals surface area (Å²) in [5.41, 5.74) is 0.843. The highest BCUT2D eigenvalue weighted by Gasteiger charge is 2.20. The number of carbonyl (C=O) groups excluding carboxylic acids is 2. The van der Waals surface area contributed by atoms with E-state index in [4.69, 9.17) is 0 Å². The van der Waals surface area contributed by atoms with E-state index in [-0.39, 0.29) is 29.9 Å². The van der Waals surface area contributed by atoms with Gasteiger partial charge in [-0.05, 0) is 30.0 Å². The predicted molar refractivity (Wildman–Crippen MR) is 82.2 cm³/mol. The van der Waals surface area contributed by atoms with Gasteiger partial charge >= 0.3 is 0 Å². The zero-order valence-electron chi connectivity index (χ0n) is 13.1. The van der Waals surface area contributed by atoms with Gasteiger partial charge in [-0.15, -0.1) is 0 Å². The van der Waals surface area contributed by atoms with Gasteiger partial charge in [-0.1, -0.05) is 26.8 Å². The zero-order chi connectivity index (χ0) is 16.0. The van der Waals surface area contributed by atoms with E-state index in [1.165, 1.54) is 0 Å². The average molecular weight is 292 g/mol. The van der Waals surface area contributed by atoms with Crippen molar-refractivity contribution >= 4 is 11.8 Å². The molecule has 0 radical (unpaired) electrons. The van der Waals surface area contributed by atoms with E-state index >= 15 is 0 Å². The molecule has 1 aromatic rings. The fourth-order valence-corrected chi connectivity index (χ4v) is 2.12. The Balaban J connectivity index is 2.81. The van der Waals surface area contributed by atoms with Gasteiger partial charge in [0.25, 0.3) is 11.8 Å². The van der Waals surface area contributed by atoms with Crippen LogP contribution in [0.25, 0.3) is 0 Å². The molecule has 0 fully saturated rings. The van der Waals surface area contributed by atoms with Crippen molar-refractivity contribution in [3.63, 3.8) is 0 Å². The quantitative estimate of drug-likeness (QED) is 0.771. The van der Waals surface area contributed by atoms with Crippen LogP contribution < -0.4 is 10.6 Å². The summed E-state index contributed by atoms with van der Waals surface area (Å²) in [7, 11) is 1.54. The molecule has 1 rings (SSSR count). The maximum atomic E-state index is 12.2. The van der Waals surface area contributed by atoms with Gasteiger partial charge in [0.1, 0.15) is 0 Å². The number of aliphatic hydroxyl groups excluding tert-OH is 1. The molecule has 1 aromatic carbocycles. The average Bonchev–Trinajstić information content (AvgIpc) is 2.44. The molecule has 0 spiro atoms. The minimum Gasteiger partial charge on any atom is -0.394 e. The summed E-state index contributed by atoms with van der Waals surface area (Å²) in [6.45, 7) is 6.04. The van der Waals surface area contributed by atoms with Gasteiger partial charge in [0, 0.05) is 18.2 Å². The predicted octanol–water partition coefficient (Wildman–Crippen LogP) is 1.57. The van der Waals surface area contributed by atoms with Crippen molar-refractivity contribution in [2.24, 2.45) is 5.41 Å². The number of hydrogen-bond donors (Lipinski definition) is 3. The fourth-order valence-electron chi connectivity index (χ4n) is 2.12. The standard InChI is InChI=1S/C16H24N2O3/c1-16(2,3)9-13(10-19)18-15(21)12-7-5-6-11(8-12)14(20)17-4/h5-8,13,19H,9-10H2,1-4H3,(H,17,20)(H,18,21). The van der Waals surface area contributed by atoms with Crippen molar-refractivity contribution < 1.29 is 14.7 Å². The molecule has 116 valence electrons. The third-order valence-electron chi connectivity index (χ3n) is 3.03. The summed E-state index contributed by atoms with van der Waals surface area (Å²) < 4.78 is 0. The van der Waals surface area contributed by atoms with Crippen LogP contribution in [0.15, 0.2) is 24.3 Å². The lowest BCUT2D eigenvalue weighted by Gasteiger charge is -2.25. The molecular weight excluding hydrogens is 268 g/mol. The van der Waals surface area contributed by atoms with Gasteiger partial charge in [0.2, 0.25) is 0 Å². The Bertz CT molecular complexity index is 506. The van der Waals surface area contributed by atoms with Crippen molar-refractivity contribution in [3.05, 3.63) is 35.4 Å². The van der Waals surface area contributed by atoms with Crippen LogP contribution in [-0.2, 0) is 0 Å². The van der Waals surface area contributed by atoms with E-state index < -0.39 is 0 Å². The van der Waals surface area contributed by atoms with Crippen LogP contribution in [0.5, 0.6) is 0 Å². The van der Waals surface area contributed by atoms with Crippen molar-refractivity contribution in [2.75, 3.05) is 13.7 Å². The Morgan fingerprint density at radius 2 is 1.76 bits per heavy atom. The van der Waals surface area contributed by atoms with Crippen LogP contribution in [0.2, 0.25) is 0 Å². The second-order valence-corrected chi connectivity index (χ2v) is 6.28. The highest BCUT2D eigenvalue weighted by atomic mass is 16.3. The fraction of sp³-hybridized carbons (Fsp3) is 0.500. The Kier molecular flexibility index (Phi) is 5.90. The highest BCUT2D eigenvalue weighted by Crippen LogP contribution is 2.20. The van der Waals surface area contributed by atoms with E-state index in [0.717, 1.165) is 0 Å². The minimum atomic E-state index is -0.304. The van der Waals surface area contributed by atoms with Crippen molar-refractivity contribution in [3.8, 4) is 0 Å². The number of hydrogen-bond acceptors (Lipinski definition) is 3. The molecule has 0 aromatic heterocycles. The Morgan fingerprint density at radius 3 is 2.24 bits per heavy atom. The third kappa shape index (κ3) is 5.55. The Hall–Kier alpha value is -1.88. The molecule has 3 N–H and O–H groups in total. The lowest BCUT2D eigenvalue weighted by Crippen LogP contribution is -2.40. The van der Waals surface area contributed by atoms with Gasteiger partial charge in [-0.3, -0.25) is 9.59 Å². The molecule has 5 nitrogen and oxygen atoms in total. The molecule has 0 bridgehead atoms. The second kappa shape index (κ2) is 7.22. The second-order valence-electron chi connectivity index (χ2n) is 6.28. The highest BCUT2D eigenvalue weighted by molar-refractivity contribution is 5.99. The molecule has 1 atom stereocenters. The first-order valence-electron chi connectivity index (χ1n) is 7.00. The zero-order valence-corrected chi connectivity index (χ0v) is 13.1. The van der Waals surface area contributed by atoms with Crippen LogP contribution in [0, 0.1) is 5.41 Å². The molecule has 1 unspecified atom stereocenters. The number of aliphatic hydroxyl groups is 1. The monoisotopic (exact) mass is 292 g/mol. The first-order chi connectivity index (χ1) is 9.76. The normalized spacial score (nSPS) is 12.6. The Labute approximate surface area is 125 Å². The van der Waals surface area contributed by atoms with Gasteiger partial charge in [0.15, 0.2) is 0 Å². The van der Waals surface area contributed by atoms with Crippen molar-refractivity contribution in [2.45, 2.75) is 33.2 Å². The topological polar surface area (TPSA) is 78.4 Å². The lowest BCUT2D eigenvalue weighted by molar-refractivity contribution is 0.0897. The molecule has 5 heteroatoms. The first-order valence-corrected chi connectivity index (χ1v) is 7.00. The smallest absolute Gasteiger partial charge is 0.251 e. The van der Waals surface area contributed by atoms with Crippen LogP contribution in [-0.4, -0.2) is 36.6 Å². The summed E-state index contributed by atoms with van der Waals surface area (Å²) in [5, 5.41) is 14.7. The SMILES string of the molecule is CNC(=O)c1cccc(C(=O)NC(CO)CC(C)(C)C)c1. The third-order valence-corrected chi connectivity index (χ3v) is 3.03. The number of nitrogens with one attached hydrogen (secondary N) is 2. The van der Waals surface area contributed by atoms with Crippen molar-refractivity contribution in [1.29, 1.82) is 0 Å². The summed E-state index contributed by atoms with van der Waals surface area (Å²) in [6, 6.07) is 6.19. The first kappa shape index (κ1) is 17.2. The van der Waals surface area contributed by atoms with E-state index in [9.17, 15) is 14.7 Å².